The maximum Gasteiger partial charge on any atom is 0.303 e. The highest BCUT2D eigenvalue weighted by Crippen LogP contribution is 2.32. The highest BCUT2D eigenvalue weighted by molar-refractivity contribution is 5.85. The molecule has 0 atom stereocenters. The van der Waals surface area contributed by atoms with Crippen LogP contribution in [0.5, 0.6) is 5.75 Å². The molecule has 0 aliphatic rings. The summed E-state index contributed by atoms with van der Waals surface area (Å²) in [6, 6.07) is 25.4. The lowest BCUT2D eigenvalue weighted by Crippen LogP contribution is -2.03. The Bertz CT molecular complexity index is 1410. The number of hydrogen-bond donors (Lipinski definition) is 1. The predicted molar refractivity (Wildman–Crippen MR) is 128 cm³/mol. The monoisotopic (exact) mass is 453 g/mol. The van der Waals surface area contributed by atoms with E-state index in [0.29, 0.717) is 36.1 Å². The Morgan fingerprint density at radius 3 is 2.41 bits per heavy atom. The van der Waals surface area contributed by atoms with Gasteiger partial charge in [-0.25, -0.2) is 4.98 Å². The molecule has 0 spiro atoms. The van der Waals surface area contributed by atoms with Gasteiger partial charge in [-0.3, -0.25) is 9.48 Å². The number of benzene rings is 3. The Morgan fingerprint density at radius 1 is 0.941 bits per heavy atom. The number of rotatable bonds is 9. The third-order valence-electron chi connectivity index (χ3n) is 5.53. The lowest BCUT2D eigenvalue weighted by Gasteiger charge is -2.08. The van der Waals surface area contributed by atoms with Gasteiger partial charge in [0.2, 0.25) is 5.89 Å². The van der Waals surface area contributed by atoms with E-state index in [1.165, 1.54) is 0 Å². The van der Waals surface area contributed by atoms with Crippen LogP contribution in [0.2, 0.25) is 0 Å². The molecule has 2 heterocycles. The van der Waals surface area contributed by atoms with E-state index in [2.05, 4.69) is 5.10 Å². The molecule has 0 aliphatic heterocycles. The van der Waals surface area contributed by atoms with Crippen molar-refractivity contribution in [3.63, 3.8) is 0 Å². The first-order valence-corrected chi connectivity index (χ1v) is 11.1. The van der Waals surface area contributed by atoms with Crippen LogP contribution < -0.4 is 4.74 Å². The van der Waals surface area contributed by atoms with Gasteiger partial charge in [0, 0.05) is 24.1 Å². The van der Waals surface area contributed by atoms with Crippen LogP contribution in [-0.2, 0) is 17.9 Å². The molecule has 5 rings (SSSR count). The number of hydrogen-bond acceptors (Lipinski definition) is 5. The van der Waals surface area contributed by atoms with Crippen LogP contribution in [0.1, 0.15) is 18.5 Å². The van der Waals surface area contributed by atoms with E-state index in [0.717, 1.165) is 22.0 Å². The highest BCUT2D eigenvalue weighted by Gasteiger charge is 2.18. The number of ether oxygens (including phenoxy) is 1. The molecule has 1 N–H and O–H groups in total. The van der Waals surface area contributed by atoms with Gasteiger partial charge in [0.15, 0.2) is 5.76 Å². The largest absolute Gasteiger partial charge is 0.486 e. The summed E-state index contributed by atoms with van der Waals surface area (Å²) in [5, 5.41) is 14.2. The lowest BCUT2D eigenvalue weighted by atomic mass is 10.1. The van der Waals surface area contributed by atoms with Crippen LogP contribution in [-0.4, -0.2) is 25.8 Å². The number of carboxylic acids is 1. The number of fused-ring (bicyclic) bond motifs is 1. The smallest absolute Gasteiger partial charge is 0.303 e. The summed E-state index contributed by atoms with van der Waals surface area (Å²) in [7, 11) is 0. The van der Waals surface area contributed by atoms with Gasteiger partial charge < -0.3 is 14.3 Å². The van der Waals surface area contributed by atoms with Crippen LogP contribution in [0.15, 0.2) is 89.5 Å². The fraction of sp³-hybridized carbons (Fsp3) is 0.148. The summed E-state index contributed by atoms with van der Waals surface area (Å²) in [4.78, 5) is 15.6. The normalized spacial score (nSPS) is 11.1. The number of aryl methyl sites for hydroxylation is 1. The Hall–Kier alpha value is -4.39. The van der Waals surface area contributed by atoms with Crippen LogP contribution in [0.4, 0.5) is 0 Å². The van der Waals surface area contributed by atoms with Crippen LogP contribution >= 0.6 is 0 Å². The zero-order chi connectivity index (χ0) is 23.3. The molecular weight excluding hydrogens is 430 g/mol. The second kappa shape index (κ2) is 9.62. The molecule has 0 bridgehead atoms. The molecule has 7 heteroatoms. The van der Waals surface area contributed by atoms with E-state index < -0.39 is 5.97 Å². The molecule has 2 aromatic heterocycles. The molecule has 7 nitrogen and oxygen atoms in total. The minimum atomic E-state index is -0.808. The number of nitrogens with zero attached hydrogens (tertiary/aromatic N) is 3. The molecule has 170 valence electrons. The van der Waals surface area contributed by atoms with E-state index in [1.54, 1.807) is 6.20 Å². The average Bonchev–Trinajstić information content (AvgIpc) is 3.49. The van der Waals surface area contributed by atoms with Crippen molar-refractivity contribution >= 4 is 16.9 Å². The van der Waals surface area contributed by atoms with Gasteiger partial charge in [0.1, 0.15) is 18.1 Å². The second-order valence-corrected chi connectivity index (χ2v) is 7.87. The number of oxazole rings is 1. The van der Waals surface area contributed by atoms with Crippen molar-refractivity contribution < 1.29 is 19.1 Å². The summed E-state index contributed by atoms with van der Waals surface area (Å²) in [6.45, 7) is 0.755. The van der Waals surface area contributed by atoms with Crippen LogP contribution in [0, 0.1) is 0 Å². The fourth-order valence-electron chi connectivity index (χ4n) is 3.88. The molecule has 0 amide bonds. The predicted octanol–water partition coefficient (Wildman–Crippen LogP) is 5.80. The number of aromatic nitrogens is 3. The zero-order valence-corrected chi connectivity index (χ0v) is 18.4. The standard InChI is InChI=1S/C27H23N3O4/c31-25(32)15-8-16-30-23-13-7-14-24(21(23)17-28-30)33-18-22-26(19-9-3-1-4-10-19)34-27(29-22)20-11-5-2-6-12-20/h1-7,9-14,17H,8,15-16,18H2,(H,31,32). The first kappa shape index (κ1) is 21.5. The Labute approximate surface area is 196 Å². The fourth-order valence-corrected chi connectivity index (χ4v) is 3.88. The summed E-state index contributed by atoms with van der Waals surface area (Å²) in [5.74, 6) is 1.10. The summed E-state index contributed by atoms with van der Waals surface area (Å²) < 4.78 is 14.2. The highest BCUT2D eigenvalue weighted by atomic mass is 16.5. The quantitative estimate of drug-likeness (QED) is 0.303. The van der Waals surface area contributed by atoms with E-state index in [-0.39, 0.29) is 13.0 Å². The molecule has 0 saturated heterocycles. The van der Waals surface area contributed by atoms with Gasteiger partial charge in [0.05, 0.1) is 17.1 Å². The third kappa shape index (κ3) is 4.54. The van der Waals surface area contributed by atoms with Crippen LogP contribution in [0.25, 0.3) is 33.7 Å². The van der Waals surface area contributed by atoms with E-state index in [4.69, 9.17) is 19.2 Å². The van der Waals surface area contributed by atoms with Gasteiger partial charge in [-0.15, -0.1) is 0 Å². The van der Waals surface area contributed by atoms with Crippen molar-refractivity contribution in [3.05, 3.63) is 90.8 Å². The lowest BCUT2D eigenvalue weighted by molar-refractivity contribution is -0.137. The Balaban J connectivity index is 1.42. The van der Waals surface area contributed by atoms with Crippen molar-refractivity contribution in [3.8, 4) is 28.5 Å². The van der Waals surface area contributed by atoms with Crippen molar-refractivity contribution in [2.45, 2.75) is 26.0 Å². The average molecular weight is 453 g/mol. The number of carbonyl (C=O) groups is 1. The molecule has 0 radical (unpaired) electrons. The van der Waals surface area contributed by atoms with Gasteiger partial charge in [-0.2, -0.15) is 5.10 Å². The molecule has 0 fully saturated rings. The maximum absolute atomic E-state index is 10.8. The Morgan fingerprint density at radius 2 is 1.68 bits per heavy atom. The van der Waals surface area contributed by atoms with Crippen molar-refractivity contribution in [1.29, 1.82) is 0 Å². The molecule has 0 saturated carbocycles. The molecule has 5 aromatic rings. The van der Waals surface area contributed by atoms with Gasteiger partial charge >= 0.3 is 5.97 Å². The van der Waals surface area contributed by atoms with E-state index in [1.807, 2.05) is 83.5 Å². The first-order chi connectivity index (χ1) is 16.7. The third-order valence-corrected chi connectivity index (χ3v) is 5.53. The van der Waals surface area contributed by atoms with E-state index in [9.17, 15) is 4.79 Å². The van der Waals surface area contributed by atoms with Gasteiger partial charge in [-0.05, 0) is 30.7 Å². The number of carboxylic acid groups (broad SMARTS) is 1. The SMILES string of the molecule is O=C(O)CCCn1ncc2c(OCc3nc(-c4ccccc4)oc3-c3ccccc3)cccc21. The summed E-state index contributed by atoms with van der Waals surface area (Å²) in [5.41, 5.74) is 3.43. The molecule has 34 heavy (non-hydrogen) atoms. The minimum absolute atomic E-state index is 0.107. The maximum atomic E-state index is 10.8. The minimum Gasteiger partial charge on any atom is -0.486 e. The van der Waals surface area contributed by atoms with Gasteiger partial charge in [0.25, 0.3) is 0 Å². The number of aliphatic carboxylic acids is 1. The molecular formula is C27H23N3O4. The topological polar surface area (TPSA) is 90.4 Å². The first-order valence-electron chi connectivity index (χ1n) is 11.1. The Kier molecular flexibility index (Phi) is 6.07. The molecule has 0 aliphatic carbocycles. The van der Waals surface area contributed by atoms with Crippen molar-refractivity contribution in [2.75, 3.05) is 0 Å². The molecule has 3 aromatic carbocycles. The molecule has 0 unspecified atom stereocenters. The van der Waals surface area contributed by atoms with Gasteiger partial charge in [-0.1, -0.05) is 54.6 Å². The summed E-state index contributed by atoms with van der Waals surface area (Å²) >= 11 is 0. The summed E-state index contributed by atoms with van der Waals surface area (Å²) in [6.07, 6.45) is 2.37. The van der Waals surface area contributed by atoms with Crippen molar-refractivity contribution in [1.82, 2.24) is 14.8 Å². The zero-order valence-electron chi connectivity index (χ0n) is 18.4. The second-order valence-electron chi connectivity index (χ2n) is 7.87. The van der Waals surface area contributed by atoms with Crippen LogP contribution in [0.3, 0.4) is 0 Å². The van der Waals surface area contributed by atoms with E-state index >= 15 is 0 Å². The van der Waals surface area contributed by atoms with Crippen molar-refractivity contribution in [2.24, 2.45) is 0 Å².